The Morgan fingerprint density at radius 3 is 2.67 bits per heavy atom. The summed E-state index contributed by atoms with van der Waals surface area (Å²) in [6.07, 6.45) is 1.09. The zero-order chi connectivity index (χ0) is 15.2. The van der Waals surface area contributed by atoms with Crippen molar-refractivity contribution in [2.24, 2.45) is 0 Å². The summed E-state index contributed by atoms with van der Waals surface area (Å²) in [5.41, 5.74) is 1.13. The predicted octanol–water partition coefficient (Wildman–Crippen LogP) is 5.33. The zero-order valence-electron chi connectivity index (χ0n) is 12.2. The highest BCUT2D eigenvalue weighted by molar-refractivity contribution is 6.30. The van der Waals surface area contributed by atoms with Gasteiger partial charge in [0.15, 0.2) is 0 Å². The van der Waals surface area contributed by atoms with Gasteiger partial charge in [0.25, 0.3) is 0 Å². The van der Waals surface area contributed by atoms with Gasteiger partial charge < -0.3 is 10.1 Å². The molecule has 2 nitrogen and oxygen atoms in total. The molecule has 112 valence electrons. The third-order valence-corrected chi connectivity index (χ3v) is 3.49. The zero-order valence-corrected chi connectivity index (χ0v) is 13.0. The monoisotopic (exact) mass is 307 g/mol. The summed E-state index contributed by atoms with van der Waals surface area (Å²) >= 11 is 5.66. The van der Waals surface area contributed by atoms with E-state index in [0.717, 1.165) is 18.5 Å². The van der Waals surface area contributed by atoms with Crippen molar-refractivity contribution < 1.29 is 9.13 Å². The van der Waals surface area contributed by atoms with E-state index < -0.39 is 5.82 Å². The highest BCUT2D eigenvalue weighted by atomic mass is 35.5. The molecule has 0 saturated carbocycles. The molecule has 0 aliphatic heterocycles. The maximum Gasteiger partial charge on any atom is 0.145 e. The molecule has 0 fully saturated rings. The first kappa shape index (κ1) is 15.8. The second-order valence-corrected chi connectivity index (χ2v) is 5.33. The molecule has 0 saturated heterocycles. The van der Waals surface area contributed by atoms with Crippen molar-refractivity contribution in [2.45, 2.75) is 26.3 Å². The van der Waals surface area contributed by atoms with Crippen molar-refractivity contribution in [3.8, 4) is 11.5 Å². The van der Waals surface area contributed by atoms with Crippen molar-refractivity contribution >= 4 is 11.6 Å². The lowest BCUT2D eigenvalue weighted by Crippen LogP contribution is -2.19. The summed E-state index contributed by atoms with van der Waals surface area (Å²) in [6.45, 7) is 5.21. The van der Waals surface area contributed by atoms with Gasteiger partial charge in [0, 0.05) is 12.1 Å². The standard InChI is InChI=1S/C17H19ClFNO/c1-3-9-20-12(2)13-5-4-6-14(10-13)21-15-7-8-16(18)17(19)11-15/h4-8,10-12,20H,3,9H2,1-2H3. The molecule has 0 radical (unpaired) electrons. The Bertz CT molecular complexity index is 603. The molecule has 21 heavy (non-hydrogen) atoms. The molecule has 0 heterocycles. The van der Waals surface area contributed by atoms with Crippen LogP contribution in [-0.2, 0) is 0 Å². The van der Waals surface area contributed by atoms with Crippen molar-refractivity contribution in [1.82, 2.24) is 5.32 Å². The van der Waals surface area contributed by atoms with E-state index in [1.54, 1.807) is 6.07 Å². The van der Waals surface area contributed by atoms with Gasteiger partial charge in [0.05, 0.1) is 5.02 Å². The summed E-state index contributed by atoms with van der Waals surface area (Å²) in [7, 11) is 0. The van der Waals surface area contributed by atoms with Crippen molar-refractivity contribution in [1.29, 1.82) is 0 Å². The number of halogens is 2. The molecule has 0 amide bonds. The maximum atomic E-state index is 13.4. The van der Waals surface area contributed by atoms with Crippen LogP contribution in [-0.4, -0.2) is 6.54 Å². The molecule has 1 N–H and O–H groups in total. The lowest BCUT2D eigenvalue weighted by atomic mass is 10.1. The molecule has 4 heteroatoms. The van der Waals surface area contributed by atoms with Gasteiger partial charge in [-0.3, -0.25) is 0 Å². The minimum Gasteiger partial charge on any atom is -0.457 e. The van der Waals surface area contributed by atoms with E-state index in [9.17, 15) is 4.39 Å². The van der Waals surface area contributed by atoms with Gasteiger partial charge >= 0.3 is 0 Å². The third-order valence-electron chi connectivity index (χ3n) is 3.19. The van der Waals surface area contributed by atoms with Gasteiger partial charge in [-0.1, -0.05) is 30.7 Å². The average molecular weight is 308 g/mol. The second-order valence-electron chi connectivity index (χ2n) is 4.93. The van der Waals surface area contributed by atoms with E-state index in [-0.39, 0.29) is 11.1 Å². The van der Waals surface area contributed by atoms with Crippen LogP contribution in [0.15, 0.2) is 42.5 Å². The topological polar surface area (TPSA) is 21.3 Å². The predicted molar refractivity (Wildman–Crippen MR) is 84.6 cm³/mol. The molecule has 0 spiro atoms. The molecular weight excluding hydrogens is 289 g/mol. The fourth-order valence-electron chi connectivity index (χ4n) is 2.00. The Balaban J connectivity index is 2.11. The van der Waals surface area contributed by atoms with E-state index in [0.29, 0.717) is 11.5 Å². The molecule has 0 bridgehead atoms. The fourth-order valence-corrected chi connectivity index (χ4v) is 2.12. The normalized spacial score (nSPS) is 12.2. The quantitative estimate of drug-likeness (QED) is 0.778. The molecule has 2 aromatic rings. The number of hydrogen-bond acceptors (Lipinski definition) is 2. The van der Waals surface area contributed by atoms with E-state index >= 15 is 0 Å². The first-order valence-electron chi connectivity index (χ1n) is 7.06. The van der Waals surface area contributed by atoms with Crippen LogP contribution in [0.25, 0.3) is 0 Å². The highest BCUT2D eigenvalue weighted by Crippen LogP contribution is 2.27. The first-order chi connectivity index (χ1) is 10.1. The Labute approximate surface area is 129 Å². The Morgan fingerprint density at radius 1 is 1.19 bits per heavy atom. The second kappa shape index (κ2) is 7.43. The molecule has 2 rings (SSSR count). The Hall–Kier alpha value is -1.58. The lowest BCUT2D eigenvalue weighted by molar-refractivity contribution is 0.474. The van der Waals surface area contributed by atoms with Crippen LogP contribution in [0, 0.1) is 5.82 Å². The van der Waals surface area contributed by atoms with Crippen LogP contribution in [0.1, 0.15) is 31.9 Å². The minimum atomic E-state index is -0.483. The summed E-state index contributed by atoms with van der Waals surface area (Å²) in [5.74, 6) is 0.630. The van der Waals surface area contributed by atoms with Crippen LogP contribution < -0.4 is 10.1 Å². The average Bonchev–Trinajstić information content (AvgIpc) is 2.49. The maximum absolute atomic E-state index is 13.4. The van der Waals surface area contributed by atoms with Crippen molar-refractivity contribution in [3.05, 3.63) is 58.9 Å². The molecule has 0 aromatic heterocycles. The number of ether oxygens (including phenoxy) is 1. The number of benzene rings is 2. The summed E-state index contributed by atoms with van der Waals surface area (Å²) < 4.78 is 19.1. The summed E-state index contributed by atoms with van der Waals surface area (Å²) in [5, 5.41) is 3.51. The Kier molecular flexibility index (Phi) is 5.59. The summed E-state index contributed by atoms with van der Waals surface area (Å²) in [6, 6.07) is 12.5. The van der Waals surface area contributed by atoms with Gasteiger partial charge in [-0.25, -0.2) is 4.39 Å². The molecule has 1 atom stereocenters. The molecule has 0 aliphatic rings. The van der Waals surface area contributed by atoms with E-state index in [4.69, 9.17) is 16.3 Å². The smallest absolute Gasteiger partial charge is 0.145 e. The number of nitrogens with one attached hydrogen (secondary N) is 1. The summed E-state index contributed by atoms with van der Waals surface area (Å²) in [4.78, 5) is 0. The van der Waals surface area contributed by atoms with Gasteiger partial charge in [-0.05, 0) is 49.7 Å². The van der Waals surface area contributed by atoms with Gasteiger partial charge in [0.1, 0.15) is 17.3 Å². The van der Waals surface area contributed by atoms with Gasteiger partial charge in [-0.15, -0.1) is 0 Å². The molecule has 1 unspecified atom stereocenters. The molecular formula is C17H19ClFNO. The SMILES string of the molecule is CCCNC(C)c1cccc(Oc2ccc(Cl)c(F)c2)c1. The molecule has 2 aromatic carbocycles. The van der Waals surface area contributed by atoms with Crippen LogP contribution >= 0.6 is 11.6 Å². The molecule has 0 aliphatic carbocycles. The highest BCUT2D eigenvalue weighted by Gasteiger charge is 2.07. The fraction of sp³-hybridized carbons (Fsp3) is 0.294. The van der Waals surface area contributed by atoms with Crippen molar-refractivity contribution in [2.75, 3.05) is 6.54 Å². The van der Waals surface area contributed by atoms with Gasteiger partial charge in [-0.2, -0.15) is 0 Å². The van der Waals surface area contributed by atoms with Crippen LogP contribution in [0.2, 0.25) is 5.02 Å². The lowest BCUT2D eigenvalue weighted by Gasteiger charge is -2.15. The first-order valence-corrected chi connectivity index (χ1v) is 7.44. The van der Waals surface area contributed by atoms with E-state index in [2.05, 4.69) is 19.2 Å². The van der Waals surface area contributed by atoms with Crippen LogP contribution in [0.3, 0.4) is 0 Å². The van der Waals surface area contributed by atoms with E-state index in [1.807, 2.05) is 24.3 Å². The van der Waals surface area contributed by atoms with Gasteiger partial charge in [0.2, 0.25) is 0 Å². The largest absolute Gasteiger partial charge is 0.457 e. The van der Waals surface area contributed by atoms with E-state index in [1.165, 1.54) is 12.1 Å². The Morgan fingerprint density at radius 2 is 1.95 bits per heavy atom. The van der Waals surface area contributed by atoms with Crippen LogP contribution in [0.4, 0.5) is 4.39 Å². The van der Waals surface area contributed by atoms with Crippen molar-refractivity contribution in [3.63, 3.8) is 0 Å². The van der Waals surface area contributed by atoms with Crippen LogP contribution in [0.5, 0.6) is 11.5 Å². The minimum absolute atomic E-state index is 0.0912. The third kappa shape index (κ3) is 4.45. The number of hydrogen-bond donors (Lipinski definition) is 1. The number of rotatable bonds is 6.